The summed E-state index contributed by atoms with van der Waals surface area (Å²) >= 11 is 7.68. The number of thioether (sulfide) groups is 1. The highest BCUT2D eigenvalue weighted by molar-refractivity contribution is 14.0. The molecule has 0 aromatic heterocycles. The molecular weight excluding hydrogens is 393 g/mol. The molecule has 2 N–H and O–H groups in total. The van der Waals surface area contributed by atoms with E-state index in [2.05, 4.69) is 28.8 Å². The minimum atomic E-state index is 0. The lowest BCUT2D eigenvalue weighted by atomic mass is 10.2. The van der Waals surface area contributed by atoms with Gasteiger partial charge in [0.1, 0.15) is 0 Å². The molecule has 0 bridgehead atoms. The standard InChI is InChI=1S/C13H20ClN3S.HI/c1-10(18-3)8-16-13(15-2)17-9-11-4-6-12(14)7-5-11;/h4-7,10H,8-9H2,1-3H3,(H2,15,16,17);1H. The second-order valence-corrected chi connectivity index (χ2v) is 5.69. The molecule has 0 amide bonds. The number of nitrogens with one attached hydrogen (secondary N) is 2. The van der Waals surface area contributed by atoms with Crippen molar-refractivity contribution in [3.63, 3.8) is 0 Å². The lowest BCUT2D eigenvalue weighted by Crippen LogP contribution is -2.39. The van der Waals surface area contributed by atoms with Crippen LogP contribution in [0.2, 0.25) is 5.02 Å². The first-order valence-corrected chi connectivity index (χ1v) is 7.54. The highest BCUT2D eigenvalue weighted by Gasteiger charge is 2.02. The maximum Gasteiger partial charge on any atom is 0.191 e. The van der Waals surface area contributed by atoms with Gasteiger partial charge in [-0.1, -0.05) is 30.7 Å². The molecule has 6 heteroatoms. The molecule has 0 radical (unpaired) electrons. The van der Waals surface area contributed by atoms with E-state index in [1.54, 1.807) is 7.05 Å². The molecule has 0 aliphatic carbocycles. The summed E-state index contributed by atoms with van der Waals surface area (Å²) < 4.78 is 0. The Kier molecular flexibility index (Phi) is 10.5. The lowest BCUT2D eigenvalue weighted by molar-refractivity contribution is 0.791. The maximum absolute atomic E-state index is 5.84. The van der Waals surface area contributed by atoms with Gasteiger partial charge in [0, 0.05) is 30.4 Å². The smallest absolute Gasteiger partial charge is 0.191 e. The van der Waals surface area contributed by atoms with Crippen LogP contribution < -0.4 is 10.6 Å². The van der Waals surface area contributed by atoms with Gasteiger partial charge in [-0.25, -0.2) is 0 Å². The first kappa shape index (κ1) is 18.9. The molecular formula is C13H21ClIN3S. The molecule has 108 valence electrons. The monoisotopic (exact) mass is 413 g/mol. The van der Waals surface area contributed by atoms with Crippen LogP contribution in [0.1, 0.15) is 12.5 Å². The number of guanidine groups is 1. The van der Waals surface area contributed by atoms with Crippen LogP contribution in [0.15, 0.2) is 29.3 Å². The fourth-order valence-electron chi connectivity index (χ4n) is 1.33. The highest BCUT2D eigenvalue weighted by Crippen LogP contribution is 2.09. The molecule has 0 saturated carbocycles. The number of rotatable bonds is 5. The largest absolute Gasteiger partial charge is 0.355 e. The van der Waals surface area contributed by atoms with Gasteiger partial charge in [-0.15, -0.1) is 24.0 Å². The van der Waals surface area contributed by atoms with Crippen LogP contribution in [0.5, 0.6) is 0 Å². The van der Waals surface area contributed by atoms with Crippen LogP contribution in [-0.4, -0.2) is 31.1 Å². The van der Waals surface area contributed by atoms with Gasteiger partial charge < -0.3 is 10.6 Å². The van der Waals surface area contributed by atoms with Crippen molar-refractivity contribution in [1.82, 2.24) is 10.6 Å². The van der Waals surface area contributed by atoms with Crippen molar-refractivity contribution in [3.8, 4) is 0 Å². The van der Waals surface area contributed by atoms with E-state index in [1.807, 2.05) is 36.0 Å². The summed E-state index contributed by atoms with van der Waals surface area (Å²) in [5.41, 5.74) is 1.18. The van der Waals surface area contributed by atoms with Crippen LogP contribution in [0.25, 0.3) is 0 Å². The number of nitrogens with zero attached hydrogens (tertiary/aromatic N) is 1. The molecule has 0 aliphatic rings. The number of hydrogen-bond donors (Lipinski definition) is 2. The van der Waals surface area contributed by atoms with E-state index in [-0.39, 0.29) is 24.0 Å². The summed E-state index contributed by atoms with van der Waals surface area (Å²) in [5, 5.41) is 7.89. The first-order valence-electron chi connectivity index (χ1n) is 5.87. The Bertz CT molecular complexity index is 384. The predicted molar refractivity (Wildman–Crippen MR) is 98.0 cm³/mol. The molecule has 0 saturated heterocycles. The van der Waals surface area contributed by atoms with Gasteiger partial charge in [-0.2, -0.15) is 11.8 Å². The van der Waals surface area contributed by atoms with Crippen molar-refractivity contribution < 1.29 is 0 Å². The summed E-state index contributed by atoms with van der Waals surface area (Å²) in [4.78, 5) is 4.19. The fraction of sp³-hybridized carbons (Fsp3) is 0.462. The Morgan fingerprint density at radius 1 is 1.32 bits per heavy atom. The molecule has 1 aromatic rings. The summed E-state index contributed by atoms with van der Waals surface area (Å²) in [6.07, 6.45) is 2.11. The molecule has 1 unspecified atom stereocenters. The average Bonchev–Trinajstić information content (AvgIpc) is 2.40. The molecule has 0 heterocycles. The summed E-state index contributed by atoms with van der Waals surface area (Å²) in [6, 6.07) is 7.80. The third-order valence-electron chi connectivity index (χ3n) is 2.56. The molecule has 3 nitrogen and oxygen atoms in total. The third kappa shape index (κ3) is 7.89. The number of hydrogen-bond acceptors (Lipinski definition) is 2. The number of halogens is 2. The Morgan fingerprint density at radius 3 is 2.47 bits per heavy atom. The first-order chi connectivity index (χ1) is 8.65. The zero-order valence-electron chi connectivity index (χ0n) is 11.4. The van der Waals surface area contributed by atoms with Crippen molar-refractivity contribution >= 4 is 53.3 Å². The van der Waals surface area contributed by atoms with E-state index in [9.17, 15) is 0 Å². The van der Waals surface area contributed by atoms with Gasteiger partial charge in [0.05, 0.1) is 0 Å². The van der Waals surface area contributed by atoms with E-state index in [4.69, 9.17) is 11.6 Å². The van der Waals surface area contributed by atoms with E-state index in [0.717, 1.165) is 24.1 Å². The van der Waals surface area contributed by atoms with E-state index in [1.165, 1.54) is 5.56 Å². The molecule has 0 fully saturated rings. The van der Waals surface area contributed by atoms with Crippen molar-refractivity contribution in [1.29, 1.82) is 0 Å². The van der Waals surface area contributed by atoms with Gasteiger partial charge in [-0.3, -0.25) is 4.99 Å². The van der Waals surface area contributed by atoms with Crippen LogP contribution in [0.4, 0.5) is 0 Å². The highest BCUT2D eigenvalue weighted by atomic mass is 127. The molecule has 1 aromatic carbocycles. The topological polar surface area (TPSA) is 36.4 Å². The summed E-state index contributed by atoms with van der Waals surface area (Å²) in [6.45, 7) is 3.83. The molecule has 1 rings (SSSR count). The predicted octanol–water partition coefficient (Wildman–Crippen LogP) is 3.37. The molecule has 0 aliphatic heterocycles. The fourth-order valence-corrected chi connectivity index (χ4v) is 1.71. The number of benzene rings is 1. The van der Waals surface area contributed by atoms with Crippen LogP contribution in [0.3, 0.4) is 0 Å². The molecule has 1 atom stereocenters. The van der Waals surface area contributed by atoms with Gasteiger partial charge in [-0.05, 0) is 24.0 Å². The van der Waals surface area contributed by atoms with Crippen molar-refractivity contribution in [2.75, 3.05) is 19.8 Å². The van der Waals surface area contributed by atoms with Crippen molar-refractivity contribution in [2.24, 2.45) is 4.99 Å². The van der Waals surface area contributed by atoms with Crippen LogP contribution in [-0.2, 0) is 6.54 Å². The van der Waals surface area contributed by atoms with Crippen LogP contribution in [0, 0.1) is 0 Å². The molecule has 0 spiro atoms. The second-order valence-electron chi connectivity index (χ2n) is 3.98. The van der Waals surface area contributed by atoms with E-state index in [0.29, 0.717) is 5.25 Å². The Hall–Kier alpha value is -0.140. The van der Waals surface area contributed by atoms with E-state index < -0.39 is 0 Å². The normalized spacial score (nSPS) is 12.5. The van der Waals surface area contributed by atoms with Gasteiger partial charge in [0.15, 0.2) is 5.96 Å². The average molecular weight is 414 g/mol. The van der Waals surface area contributed by atoms with Gasteiger partial charge in [0.2, 0.25) is 0 Å². The Labute approximate surface area is 142 Å². The molecule has 19 heavy (non-hydrogen) atoms. The third-order valence-corrected chi connectivity index (χ3v) is 3.78. The second kappa shape index (κ2) is 10.6. The summed E-state index contributed by atoms with van der Waals surface area (Å²) in [5.74, 6) is 0.825. The van der Waals surface area contributed by atoms with Crippen molar-refractivity contribution in [2.45, 2.75) is 18.7 Å². The quantitative estimate of drug-likeness (QED) is 0.441. The maximum atomic E-state index is 5.84. The minimum absolute atomic E-state index is 0. The van der Waals surface area contributed by atoms with E-state index >= 15 is 0 Å². The lowest BCUT2D eigenvalue weighted by Gasteiger charge is -2.14. The zero-order chi connectivity index (χ0) is 13.4. The Balaban J connectivity index is 0.00000324. The minimum Gasteiger partial charge on any atom is -0.355 e. The van der Waals surface area contributed by atoms with Gasteiger partial charge >= 0.3 is 0 Å². The van der Waals surface area contributed by atoms with Crippen LogP contribution >= 0.6 is 47.3 Å². The Morgan fingerprint density at radius 2 is 1.95 bits per heavy atom. The van der Waals surface area contributed by atoms with Gasteiger partial charge in [0.25, 0.3) is 0 Å². The van der Waals surface area contributed by atoms with Crippen molar-refractivity contribution in [3.05, 3.63) is 34.9 Å². The SMILES string of the molecule is CN=C(NCc1ccc(Cl)cc1)NCC(C)SC.I. The zero-order valence-corrected chi connectivity index (χ0v) is 15.3. The number of aliphatic imine (C=N–C) groups is 1. The summed E-state index contributed by atoms with van der Waals surface area (Å²) in [7, 11) is 1.78.